The molecular weight excluding hydrogens is 639 g/mol. The van der Waals surface area contributed by atoms with Crippen molar-refractivity contribution in [2.24, 2.45) is 0 Å². The minimum Gasteiger partial charge on any atom is -0.310 e. The predicted octanol–water partition coefficient (Wildman–Crippen LogP) is 14.8. The van der Waals surface area contributed by atoms with Crippen molar-refractivity contribution in [2.45, 2.75) is 64.2 Å². The minimum absolute atomic E-state index is 0.00324. The molecule has 8 aromatic carbocycles. The van der Waals surface area contributed by atoms with Gasteiger partial charge in [0.2, 0.25) is 0 Å². The summed E-state index contributed by atoms with van der Waals surface area (Å²) in [5.41, 5.74) is 15.0. The van der Waals surface area contributed by atoms with Gasteiger partial charge in [-0.3, -0.25) is 0 Å². The summed E-state index contributed by atoms with van der Waals surface area (Å²) < 4.78 is 0. The average molecular weight is 684 g/mol. The summed E-state index contributed by atoms with van der Waals surface area (Å²) in [4.78, 5) is 2.52. The van der Waals surface area contributed by atoms with Crippen molar-refractivity contribution in [3.8, 4) is 22.3 Å². The van der Waals surface area contributed by atoms with Crippen molar-refractivity contribution in [2.75, 3.05) is 4.90 Å². The quantitative estimate of drug-likeness (QED) is 0.151. The molecule has 1 heteroatoms. The molecule has 0 aliphatic heterocycles. The highest BCUT2D eigenvalue weighted by molar-refractivity contribution is 6.08. The fraction of sp³-hybridized carbons (Fsp3) is 0.192. The minimum atomic E-state index is -0.00427. The summed E-state index contributed by atoms with van der Waals surface area (Å²) >= 11 is 0. The standard InChI is InChI=1S/C52H45N/c1-5-51(6-2)47-20-14-13-19-43(47)44-27-24-40(33-50(44)51)53(38-23-26-42-37(29-38)22-21-34-15-11-12-18-41(34)42)39-25-28-48-46(32-39)45-30-35-16-9-10-17-36(35)31-49(45)52(48,7-3)8-4/h9-33H,5-8H2,1-4H3. The van der Waals surface area contributed by atoms with Crippen molar-refractivity contribution >= 4 is 49.4 Å². The zero-order valence-electron chi connectivity index (χ0n) is 31.2. The zero-order valence-corrected chi connectivity index (χ0v) is 31.2. The molecule has 53 heavy (non-hydrogen) atoms. The van der Waals surface area contributed by atoms with Crippen molar-refractivity contribution in [1.29, 1.82) is 0 Å². The molecule has 0 saturated carbocycles. The van der Waals surface area contributed by atoms with Crippen LogP contribution in [-0.2, 0) is 10.8 Å². The van der Waals surface area contributed by atoms with Gasteiger partial charge >= 0.3 is 0 Å². The second-order valence-corrected chi connectivity index (χ2v) is 15.4. The maximum Gasteiger partial charge on any atom is 0.0468 e. The number of rotatable bonds is 7. The van der Waals surface area contributed by atoms with Crippen LogP contribution >= 0.6 is 0 Å². The Bertz CT molecular complexity index is 2740. The lowest BCUT2D eigenvalue weighted by atomic mass is 9.73. The molecule has 0 bridgehead atoms. The molecule has 0 heterocycles. The fourth-order valence-electron chi connectivity index (χ4n) is 10.5. The Kier molecular flexibility index (Phi) is 7.21. The van der Waals surface area contributed by atoms with Crippen LogP contribution < -0.4 is 4.90 Å². The molecule has 10 rings (SSSR count). The van der Waals surface area contributed by atoms with E-state index in [4.69, 9.17) is 0 Å². The van der Waals surface area contributed by atoms with Gasteiger partial charge in [0.05, 0.1) is 0 Å². The molecule has 0 fully saturated rings. The molecule has 1 nitrogen and oxygen atoms in total. The Morgan fingerprint density at radius 1 is 0.340 bits per heavy atom. The molecular formula is C52H45N. The van der Waals surface area contributed by atoms with Crippen molar-refractivity contribution < 1.29 is 0 Å². The second kappa shape index (κ2) is 11.9. The first-order chi connectivity index (χ1) is 26.0. The Morgan fingerprint density at radius 2 is 0.849 bits per heavy atom. The van der Waals surface area contributed by atoms with Gasteiger partial charge in [-0.05, 0) is 151 Å². The Labute approximate surface area is 313 Å². The average Bonchev–Trinajstić information content (AvgIpc) is 3.65. The second-order valence-electron chi connectivity index (χ2n) is 15.4. The van der Waals surface area contributed by atoms with Crippen LogP contribution in [0, 0.1) is 0 Å². The maximum atomic E-state index is 2.52. The molecule has 0 spiro atoms. The van der Waals surface area contributed by atoms with Gasteiger partial charge < -0.3 is 4.90 Å². The third-order valence-electron chi connectivity index (χ3n) is 13.4. The van der Waals surface area contributed by atoms with E-state index in [0.717, 1.165) is 25.7 Å². The van der Waals surface area contributed by atoms with Crippen LogP contribution in [0.25, 0.3) is 54.6 Å². The monoisotopic (exact) mass is 683 g/mol. The third kappa shape index (κ3) is 4.43. The van der Waals surface area contributed by atoms with Crippen LogP contribution in [0.2, 0.25) is 0 Å². The molecule has 0 amide bonds. The first-order valence-corrected chi connectivity index (χ1v) is 19.7. The predicted molar refractivity (Wildman–Crippen MR) is 227 cm³/mol. The summed E-state index contributed by atoms with van der Waals surface area (Å²) in [5, 5.41) is 7.75. The summed E-state index contributed by atoms with van der Waals surface area (Å²) in [6.45, 7) is 9.46. The maximum absolute atomic E-state index is 2.52. The van der Waals surface area contributed by atoms with E-state index in [2.05, 4.69) is 184 Å². The van der Waals surface area contributed by atoms with E-state index < -0.39 is 0 Å². The number of anilines is 3. The molecule has 258 valence electrons. The van der Waals surface area contributed by atoms with Crippen molar-refractivity contribution in [3.05, 3.63) is 174 Å². The molecule has 2 aliphatic carbocycles. The van der Waals surface area contributed by atoms with Crippen LogP contribution in [0.15, 0.2) is 152 Å². The van der Waals surface area contributed by atoms with E-state index in [0.29, 0.717) is 0 Å². The number of hydrogen-bond acceptors (Lipinski definition) is 1. The van der Waals surface area contributed by atoms with Crippen LogP contribution in [0.3, 0.4) is 0 Å². The van der Waals surface area contributed by atoms with E-state index in [-0.39, 0.29) is 10.8 Å². The van der Waals surface area contributed by atoms with Gasteiger partial charge in [-0.15, -0.1) is 0 Å². The van der Waals surface area contributed by atoms with Gasteiger partial charge in [0.25, 0.3) is 0 Å². The van der Waals surface area contributed by atoms with Crippen molar-refractivity contribution in [3.63, 3.8) is 0 Å². The normalized spacial score (nSPS) is 14.6. The van der Waals surface area contributed by atoms with Crippen LogP contribution in [0.4, 0.5) is 17.1 Å². The Balaban J connectivity index is 1.22. The number of fused-ring (bicyclic) bond motifs is 10. The lowest BCUT2D eigenvalue weighted by molar-refractivity contribution is 0.490. The van der Waals surface area contributed by atoms with Crippen LogP contribution in [0.1, 0.15) is 75.6 Å². The van der Waals surface area contributed by atoms with Crippen molar-refractivity contribution in [1.82, 2.24) is 0 Å². The highest BCUT2D eigenvalue weighted by atomic mass is 15.1. The lowest BCUT2D eigenvalue weighted by Crippen LogP contribution is -2.23. The van der Waals surface area contributed by atoms with Gasteiger partial charge in [-0.1, -0.05) is 131 Å². The number of benzene rings is 8. The summed E-state index contributed by atoms with van der Waals surface area (Å²) in [7, 11) is 0. The molecule has 0 unspecified atom stereocenters. The molecule has 0 saturated heterocycles. The van der Waals surface area contributed by atoms with Crippen LogP contribution in [-0.4, -0.2) is 0 Å². The van der Waals surface area contributed by atoms with Crippen LogP contribution in [0.5, 0.6) is 0 Å². The first kappa shape index (κ1) is 32.0. The van der Waals surface area contributed by atoms with Gasteiger partial charge in [-0.25, -0.2) is 0 Å². The van der Waals surface area contributed by atoms with Gasteiger partial charge in [0.1, 0.15) is 0 Å². The summed E-state index contributed by atoms with van der Waals surface area (Å²) in [5.74, 6) is 0. The lowest BCUT2D eigenvalue weighted by Gasteiger charge is -2.32. The SMILES string of the molecule is CCC1(CC)c2ccccc2-c2ccc(N(c3ccc4c(c3)-c3cc5ccccc5cc3C4(CC)CC)c3ccc4c(ccc5ccccc54)c3)cc21. The van der Waals surface area contributed by atoms with Gasteiger partial charge in [0.15, 0.2) is 0 Å². The molecule has 0 atom stereocenters. The smallest absolute Gasteiger partial charge is 0.0468 e. The Hall–Kier alpha value is -5.66. The first-order valence-electron chi connectivity index (χ1n) is 19.7. The van der Waals surface area contributed by atoms with Gasteiger partial charge in [-0.2, -0.15) is 0 Å². The number of nitrogens with zero attached hydrogens (tertiary/aromatic N) is 1. The largest absolute Gasteiger partial charge is 0.310 e. The topological polar surface area (TPSA) is 3.24 Å². The molecule has 8 aromatic rings. The summed E-state index contributed by atoms with van der Waals surface area (Å²) in [6, 6.07) is 57.9. The summed E-state index contributed by atoms with van der Waals surface area (Å²) in [6.07, 6.45) is 4.29. The fourth-order valence-corrected chi connectivity index (χ4v) is 10.5. The van der Waals surface area contributed by atoms with Gasteiger partial charge in [0, 0.05) is 27.9 Å². The molecule has 0 N–H and O–H groups in total. The highest BCUT2D eigenvalue weighted by Crippen LogP contribution is 2.57. The molecule has 0 aromatic heterocycles. The molecule has 2 aliphatic rings. The van der Waals surface area contributed by atoms with E-state index in [1.165, 1.54) is 93.9 Å². The molecule has 0 radical (unpaired) electrons. The third-order valence-corrected chi connectivity index (χ3v) is 13.4. The van der Waals surface area contributed by atoms with E-state index >= 15 is 0 Å². The van der Waals surface area contributed by atoms with E-state index in [1.54, 1.807) is 0 Å². The van der Waals surface area contributed by atoms with E-state index in [1.807, 2.05) is 0 Å². The Morgan fingerprint density at radius 3 is 1.62 bits per heavy atom. The number of hydrogen-bond donors (Lipinski definition) is 0. The van der Waals surface area contributed by atoms with E-state index in [9.17, 15) is 0 Å². The zero-order chi connectivity index (χ0) is 35.9. The highest BCUT2D eigenvalue weighted by Gasteiger charge is 2.42.